The van der Waals surface area contributed by atoms with Crippen LogP contribution in [-0.2, 0) is 11.2 Å². The second-order valence-corrected chi connectivity index (χ2v) is 5.62. The number of nitrogens with one attached hydrogen (secondary N) is 1. The largest absolute Gasteiger partial charge is 0.395 e. The van der Waals surface area contributed by atoms with Crippen molar-refractivity contribution in [2.45, 2.75) is 25.3 Å². The number of aliphatic hydroxyl groups is 1. The highest BCUT2D eigenvalue weighted by atomic mass is 35.5. The van der Waals surface area contributed by atoms with Gasteiger partial charge in [-0.25, -0.2) is 0 Å². The summed E-state index contributed by atoms with van der Waals surface area (Å²) in [4.78, 5) is 13.9. The van der Waals surface area contributed by atoms with E-state index < -0.39 is 0 Å². The number of likely N-dealkylation sites (tertiary alicyclic amines) is 1. The number of hydrogen-bond donors (Lipinski definition) is 2. The number of nitrogens with zero attached hydrogens (tertiary/aromatic N) is 1. The topological polar surface area (TPSA) is 52.6 Å². The van der Waals surface area contributed by atoms with Gasteiger partial charge in [-0.15, -0.1) is 0 Å². The quantitative estimate of drug-likeness (QED) is 0.835. The number of amides is 1. The number of benzene rings is 1. The van der Waals surface area contributed by atoms with Crippen LogP contribution in [0.5, 0.6) is 0 Å². The second kappa shape index (κ2) is 7.62. The van der Waals surface area contributed by atoms with Crippen LogP contribution in [0.2, 0.25) is 5.02 Å². The third kappa shape index (κ3) is 4.47. The van der Waals surface area contributed by atoms with Gasteiger partial charge >= 0.3 is 0 Å². The van der Waals surface area contributed by atoms with E-state index in [2.05, 4.69) is 10.2 Å². The Bertz CT molecular complexity index is 453. The molecule has 0 aromatic heterocycles. The average molecular weight is 297 g/mol. The molecule has 1 saturated heterocycles. The SMILES string of the molecule is O=C(CN1CCCC1CO)NCCc1cccc(Cl)c1. The summed E-state index contributed by atoms with van der Waals surface area (Å²) in [7, 11) is 0. The molecular weight excluding hydrogens is 276 g/mol. The van der Waals surface area contributed by atoms with Crippen molar-refractivity contribution in [3.63, 3.8) is 0 Å². The summed E-state index contributed by atoms with van der Waals surface area (Å²) in [5.74, 6) is 0.0207. The fraction of sp³-hybridized carbons (Fsp3) is 0.533. The van der Waals surface area contributed by atoms with Crippen molar-refractivity contribution in [2.75, 3.05) is 26.2 Å². The van der Waals surface area contributed by atoms with Gasteiger partial charge in [0.2, 0.25) is 5.91 Å². The summed E-state index contributed by atoms with van der Waals surface area (Å²) in [6, 6.07) is 7.81. The Labute approximate surface area is 124 Å². The molecule has 1 unspecified atom stereocenters. The molecule has 0 spiro atoms. The molecule has 1 aliphatic heterocycles. The van der Waals surface area contributed by atoms with E-state index in [1.807, 2.05) is 24.3 Å². The molecular formula is C15H21ClN2O2. The molecule has 5 heteroatoms. The number of aliphatic hydroxyl groups excluding tert-OH is 1. The van der Waals surface area contributed by atoms with Gasteiger partial charge in [0.1, 0.15) is 0 Å². The first-order valence-electron chi connectivity index (χ1n) is 7.05. The summed E-state index contributed by atoms with van der Waals surface area (Å²) in [5.41, 5.74) is 1.12. The van der Waals surface area contributed by atoms with Crippen LogP contribution in [0.1, 0.15) is 18.4 Å². The summed E-state index contributed by atoms with van der Waals surface area (Å²) in [5, 5.41) is 12.9. The Morgan fingerprint density at radius 2 is 2.35 bits per heavy atom. The Morgan fingerprint density at radius 1 is 1.50 bits per heavy atom. The maximum Gasteiger partial charge on any atom is 0.234 e. The lowest BCUT2D eigenvalue weighted by Gasteiger charge is -2.21. The van der Waals surface area contributed by atoms with E-state index in [4.69, 9.17) is 11.6 Å². The fourth-order valence-electron chi connectivity index (χ4n) is 2.59. The van der Waals surface area contributed by atoms with Crippen LogP contribution >= 0.6 is 11.6 Å². The lowest BCUT2D eigenvalue weighted by Crippen LogP contribution is -2.41. The molecule has 0 bridgehead atoms. The van der Waals surface area contributed by atoms with E-state index in [9.17, 15) is 9.90 Å². The fourth-order valence-corrected chi connectivity index (χ4v) is 2.80. The highest BCUT2D eigenvalue weighted by molar-refractivity contribution is 6.30. The van der Waals surface area contributed by atoms with Gasteiger partial charge < -0.3 is 10.4 Å². The van der Waals surface area contributed by atoms with Gasteiger partial charge in [0.05, 0.1) is 13.2 Å². The van der Waals surface area contributed by atoms with Crippen molar-refractivity contribution in [3.05, 3.63) is 34.9 Å². The summed E-state index contributed by atoms with van der Waals surface area (Å²) < 4.78 is 0. The molecule has 2 N–H and O–H groups in total. The van der Waals surface area contributed by atoms with E-state index >= 15 is 0 Å². The van der Waals surface area contributed by atoms with Crippen molar-refractivity contribution in [1.29, 1.82) is 0 Å². The minimum atomic E-state index is 0.0207. The van der Waals surface area contributed by atoms with Crippen molar-refractivity contribution in [2.24, 2.45) is 0 Å². The number of carbonyl (C=O) groups excluding carboxylic acids is 1. The van der Waals surface area contributed by atoms with Crippen LogP contribution in [0, 0.1) is 0 Å². The van der Waals surface area contributed by atoms with Gasteiger partial charge in [0, 0.05) is 17.6 Å². The van der Waals surface area contributed by atoms with Crippen LogP contribution in [0.25, 0.3) is 0 Å². The van der Waals surface area contributed by atoms with Crippen molar-refractivity contribution >= 4 is 17.5 Å². The highest BCUT2D eigenvalue weighted by Crippen LogP contribution is 2.15. The van der Waals surface area contributed by atoms with Crippen molar-refractivity contribution in [3.8, 4) is 0 Å². The average Bonchev–Trinajstić information content (AvgIpc) is 2.86. The molecule has 20 heavy (non-hydrogen) atoms. The summed E-state index contributed by atoms with van der Waals surface area (Å²) in [6.07, 6.45) is 2.81. The van der Waals surface area contributed by atoms with Crippen LogP contribution in [0.4, 0.5) is 0 Å². The first-order chi connectivity index (χ1) is 9.69. The summed E-state index contributed by atoms with van der Waals surface area (Å²) >= 11 is 5.91. The Morgan fingerprint density at radius 3 is 3.10 bits per heavy atom. The lowest BCUT2D eigenvalue weighted by molar-refractivity contribution is -0.122. The monoisotopic (exact) mass is 296 g/mol. The molecule has 4 nitrogen and oxygen atoms in total. The predicted molar refractivity (Wildman–Crippen MR) is 79.8 cm³/mol. The molecule has 0 aliphatic carbocycles. The van der Waals surface area contributed by atoms with Crippen molar-refractivity contribution in [1.82, 2.24) is 10.2 Å². The normalized spacial score (nSPS) is 19.2. The number of rotatable bonds is 6. The first kappa shape index (κ1) is 15.3. The van der Waals surface area contributed by atoms with Crippen LogP contribution < -0.4 is 5.32 Å². The predicted octanol–water partition coefficient (Wildman–Crippen LogP) is 1.46. The van der Waals surface area contributed by atoms with Gasteiger partial charge in [-0.3, -0.25) is 9.69 Å². The minimum Gasteiger partial charge on any atom is -0.395 e. The van der Waals surface area contributed by atoms with Crippen LogP contribution in [0.15, 0.2) is 24.3 Å². The van der Waals surface area contributed by atoms with E-state index in [1.54, 1.807) is 0 Å². The second-order valence-electron chi connectivity index (χ2n) is 5.18. The minimum absolute atomic E-state index is 0.0207. The Hall–Kier alpha value is -1.10. The number of hydrogen-bond acceptors (Lipinski definition) is 3. The standard InChI is InChI=1S/C15H21ClN2O2/c16-13-4-1-3-12(9-13)6-7-17-15(20)10-18-8-2-5-14(18)11-19/h1,3-4,9,14,19H,2,5-8,10-11H2,(H,17,20). The maximum atomic E-state index is 11.9. The van der Waals surface area contributed by atoms with Gasteiger partial charge in [0.25, 0.3) is 0 Å². The molecule has 1 aliphatic rings. The molecule has 1 atom stereocenters. The van der Waals surface area contributed by atoms with E-state index in [-0.39, 0.29) is 18.6 Å². The maximum absolute atomic E-state index is 11.9. The third-order valence-electron chi connectivity index (χ3n) is 3.68. The molecule has 1 fully saturated rings. The van der Waals surface area contributed by atoms with Crippen LogP contribution in [0.3, 0.4) is 0 Å². The van der Waals surface area contributed by atoms with Gasteiger partial charge in [0.15, 0.2) is 0 Å². The first-order valence-corrected chi connectivity index (χ1v) is 7.43. The lowest BCUT2D eigenvalue weighted by atomic mass is 10.1. The zero-order chi connectivity index (χ0) is 14.4. The highest BCUT2D eigenvalue weighted by Gasteiger charge is 2.25. The molecule has 1 heterocycles. The number of halogens is 1. The molecule has 1 aromatic rings. The smallest absolute Gasteiger partial charge is 0.234 e. The number of carbonyl (C=O) groups is 1. The third-order valence-corrected chi connectivity index (χ3v) is 3.92. The Kier molecular flexibility index (Phi) is 5.83. The van der Waals surface area contributed by atoms with E-state index in [0.717, 1.165) is 36.4 Å². The molecule has 0 radical (unpaired) electrons. The molecule has 1 aromatic carbocycles. The van der Waals surface area contributed by atoms with E-state index in [1.165, 1.54) is 0 Å². The van der Waals surface area contributed by atoms with Gasteiger partial charge in [-0.05, 0) is 43.5 Å². The molecule has 1 amide bonds. The van der Waals surface area contributed by atoms with Gasteiger partial charge in [-0.2, -0.15) is 0 Å². The van der Waals surface area contributed by atoms with E-state index in [0.29, 0.717) is 13.1 Å². The van der Waals surface area contributed by atoms with Gasteiger partial charge in [-0.1, -0.05) is 23.7 Å². The Balaban J connectivity index is 1.70. The molecule has 110 valence electrons. The van der Waals surface area contributed by atoms with Crippen molar-refractivity contribution < 1.29 is 9.90 Å². The zero-order valence-electron chi connectivity index (χ0n) is 11.5. The summed E-state index contributed by atoms with van der Waals surface area (Å²) in [6.45, 7) is 2.01. The zero-order valence-corrected chi connectivity index (χ0v) is 12.3. The molecule has 0 saturated carbocycles. The van der Waals surface area contributed by atoms with Crippen LogP contribution in [-0.4, -0.2) is 48.2 Å². The molecule has 2 rings (SSSR count).